The summed E-state index contributed by atoms with van der Waals surface area (Å²) < 4.78 is 5.76. The minimum atomic E-state index is -0.282. The van der Waals surface area contributed by atoms with Gasteiger partial charge in [-0.2, -0.15) is 0 Å². The molecule has 2 aromatic rings. The average Bonchev–Trinajstić information content (AvgIpc) is 3.01. The van der Waals surface area contributed by atoms with Crippen molar-refractivity contribution in [3.63, 3.8) is 0 Å². The van der Waals surface area contributed by atoms with Crippen LogP contribution in [-0.2, 0) is 4.84 Å². The highest BCUT2D eigenvalue weighted by molar-refractivity contribution is 6.08. The lowest BCUT2D eigenvalue weighted by atomic mass is 9.90. The maximum absolute atomic E-state index is 9.23. The van der Waals surface area contributed by atoms with Crippen molar-refractivity contribution < 1.29 is 14.7 Å². The zero-order valence-corrected chi connectivity index (χ0v) is 9.59. The minimum absolute atomic E-state index is 0.0268. The minimum Gasteiger partial charge on any atom is -0.492 e. The van der Waals surface area contributed by atoms with E-state index in [0.717, 1.165) is 27.9 Å². The third-order valence-electron chi connectivity index (χ3n) is 3.61. The molecule has 0 bridgehead atoms. The van der Waals surface area contributed by atoms with Crippen LogP contribution in [0.5, 0.6) is 5.75 Å². The lowest BCUT2D eigenvalue weighted by Gasteiger charge is -2.24. The Bertz CT molecular complexity index is 647. The van der Waals surface area contributed by atoms with Crippen LogP contribution in [0.1, 0.15) is 5.56 Å². The van der Waals surface area contributed by atoms with Gasteiger partial charge in [-0.15, -0.1) is 0 Å². The summed E-state index contributed by atoms with van der Waals surface area (Å²) in [4.78, 5) is 8.41. The number of aliphatic hydroxyl groups excluding tert-OH is 1. The van der Waals surface area contributed by atoms with Gasteiger partial charge in [0.2, 0.25) is 0 Å². The SMILES string of the molecule is OCC1ON=C2c3cc4cc[nH]c4cc3OCC21. The second-order valence-electron chi connectivity index (χ2n) is 4.63. The standard InChI is InChI=1S/C13H12N2O3/c16-5-12-9-6-17-11-4-10-7(1-2-14-10)3-8(11)13(9)15-18-12/h1-4,9,12,14,16H,5-6H2. The first-order chi connectivity index (χ1) is 8.86. The van der Waals surface area contributed by atoms with Crippen molar-refractivity contribution >= 4 is 16.6 Å². The van der Waals surface area contributed by atoms with E-state index >= 15 is 0 Å². The number of benzene rings is 1. The van der Waals surface area contributed by atoms with Crippen LogP contribution in [0.25, 0.3) is 10.9 Å². The van der Waals surface area contributed by atoms with Gasteiger partial charge < -0.3 is 19.7 Å². The molecular formula is C13H12N2O3. The summed E-state index contributed by atoms with van der Waals surface area (Å²) in [5.74, 6) is 0.848. The van der Waals surface area contributed by atoms with Gasteiger partial charge >= 0.3 is 0 Å². The highest BCUT2D eigenvalue weighted by Gasteiger charge is 2.39. The number of fused-ring (bicyclic) bond motifs is 4. The smallest absolute Gasteiger partial charge is 0.162 e. The second kappa shape index (κ2) is 3.49. The first-order valence-corrected chi connectivity index (χ1v) is 5.95. The van der Waals surface area contributed by atoms with Crippen LogP contribution >= 0.6 is 0 Å². The van der Waals surface area contributed by atoms with Gasteiger partial charge in [-0.05, 0) is 12.1 Å². The summed E-state index contributed by atoms with van der Waals surface area (Å²) in [5.41, 5.74) is 2.90. The van der Waals surface area contributed by atoms with Crippen molar-refractivity contribution in [3.05, 3.63) is 30.0 Å². The molecule has 5 heteroatoms. The zero-order valence-electron chi connectivity index (χ0n) is 9.59. The van der Waals surface area contributed by atoms with E-state index in [1.807, 2.05) is 18.3 Å². The molecule has 18 heavy (non-hydrogen) atoms. The largest absolute Gasteiger partial charge is 0.492 e. The molecule has 1 aromatic carbocycles. The van der Waals surface area contributed by atoms with E-state index in [0.29, 0.717) is 6.61 Å². The van der Waals surface area contributed by atoms with Gasteiger partial charge in [-0.3, -0.25) is 0 Å². The van der Waals surface area contributed by atoms with Crippen molar-refractivity contribution in [2.24, 2.45) is 11.1 Å². The maximum atomic E-state index is 9.23. The van der Waals surface area contributed by atoms with E-state index in [4.69, 9.17) is 9.57 Å². The number of aromatic nitrogens is 1. The van der Waals surface area contributed by atoms with E-state index in [2.05, 4.69) is 16.2 Å². The van der Waals surface area contributed by atoms with Gasteiger partial charge in [0.05, 0.1) is 12.5 Å². The first-order valence-electron chi connectivity index (χ1n) is 5.95. The predicted octanol–water partition coefficient (Wildman–Crippen LogP) is 1.27. The number of aliphatic hydroxyl groups is 1. The monoisotopic (exact) mass is 244 g/mol. The van der Waals surface area contributed by atoms with Crippen LogP contribution in [0.3, 0.4) is 0 Å². The van der Waals surface area contributed by atoms with E-state index in [-0.39, 0.29) is 18.6 Å². The molecule has 3 heterocycles. The maximum Gasteiger partial charge on any atom is 0.162 e. The topological polar surface area (TPSA) is 66.8 Å². The van der Waals surface area contributed by atoms with Crippen molar-refractivity contribution in [1.29, 1.82) is 0 Å². The first kappa shape index (κ1) is 9.96. The Morgan fingerprint density at radius 3 is 3.28 bits per heavy atom. The number of aromatic amines is 1. The van der Waals surface area contributed by atoms with E-state index in [1.165, 1.54) is 0 Å². The number of oxime groups is 1. The quantitative estimate of drug-likeness (QED) is 0.794. The molecule has 4 rings (SSSR count). The van der Waals surface area contributed by atoms with Crippen molar-refractivity contribution in [1.82, 2.24) is 4.98 Å². The Balaban J connectivity index is 1.87. The summed E-state index contributed by atoms with van der Waals surface area (Å²) in [7, 11) is 0. The fraction of sp³-hybridized carbons (Fsp3) is 0.308. The van der Waals surface area contributed by atoms with Gasteiger partial charge in [0.1, 0.15) is 18.1 Å². The molecule has 2 N–H and O–H groups in total. The molecule has 0 spiro atoms. The number of hydrogen-bond donors (Lipinski definition) is 2. The highest BCUT2D eigenvalue weighted by atomic mass is 16.7. The van der Waals surface area contributed by atoms with Crippen molar-refractivity contribution in [2.75, 3.05) is 13.2 Å². The highest BCUT2D eigenvalue weighted by Crippen LogP contribution is 2.36. The Morgan fingerprint density at radius 2 is 2.39 bits per heavy atom. The number of H-pyrrole nitrogens is 1. The summed E-state index contributed by atoms with van der Waals surface area (Å²) in [5, 5.41) is 14.5. The van der Waals surface area contributed by atoms with E-state index in [9.17, 15) is 5.11 Å². The van der Waals surface area contributed by atoms with Gasteiger partial charge in [0.15, 0.2) is 6.10 Å². The summed E-state index contributed by atoms with van der Waals surface area (Å²) in [6.07, 6.45) is 1.62. The van der Waals surface area contributed by atoms with Crippen LogP contribution in [0.2, 0.25) is 0 Å². The molecule has 0 saturated heterocycles. The lowest BCUT2D eigenvalue weighted by molar-refractivity contribution is 0.00848. The molecule has 0 aliphatic carbocycles. The van der Waals surface area contributed by atoms with E-state index < -0.39 is 0 Å². The third kappa shape index (κ3) is 1.22. The summed E-state index contributed by atoms with van der Waals surface area (Å²) in [6, 6.07) is 6.05. The normalized spacial score (nSPS) is 25.1. The van der Waals surface area contributed by atoms with Gasteiger partial charge in [0, 0.05) is 28.7 Å². The molecule has 5 nitrogen and oxygen atoms in total. The molecule has 2 atom stereocenters. The number of ether oxygens (including phenoxy) is 1. The molecule has 0 saturated carbocycles. The number of nitrogens with one attached hydrogen (secondary N) is 1. The van der Waals surface area contributed by atoms with Gasteiger partial charge in [-0.1, -0.05) is 5.16 Å². The molecule has 0 fully saturated rings. The molecule has 2 aliphatic rings. The Labute approximate surface area is 103 Å². The molecule has 0 radical (unpaired) electrons. The van der Waals surface area contributed by atoms with Gasteiger partial charge in [0.25, 0.3) is 0 Å². The van der Waals surface area contributed by atoms with Crippen LogP contribution in [0.15, 0.2) is 29.6 Å². The number of hydrogen-bond acceptors (Lipinski definition) is 4. The second-order valence-corrected chi connectivity index (χ2v) is 4.63. The van der Waals surface area contributed by atoms with Crippen molar-refractivity contribution in [2.45, 2.75) is 6.10 Å². The Kier molecular flexibility index (Phi) is 1.93. The summed E-state index contributed by atoms with van der Waals surface area (Å²) >= 11 is 0. The molecular weight excluding hydrogens is 232 g/mol. The Hall–Kier alpha value is -2.01. The van der Waals surface area contributed by atoms with Crippen LogP contribution in [0.4, 0.5) is 0 Å². The predicted molar refractivity (Wildman–Crippen MR) is 65.8 cm³/mol. The van der Waals surface area contributed by atoms with Crippen LogP contribution in [0, 0.1) is 5.92 Å². The van der Waals surface area contributed by atoms with Crippen LogP contribution in [-0.4, -0.2) is 35.1 Å². The average molecular weight is 244 g/mol. The molecule has 92 valence electrons. The molecule has 0 amide bonds. The lowest BCUT2D eigenvalue weighted by Crippen LogP contribution is -2.35. The molecule has 1 aromatic heterocycles. The third-order valence-corrected chi connectivity index (χ3v) is 3.61. The fourth-order valence-corrected chi connectivity index (χ4v) is 2.62. The number of nitrogens with zero attached hydrogens (tertiary/aromatic N) is 1. The fourth-order valence-electron chi connectivity index (χ4n) is 2.62. The molecule has 2 aliphatic heterocycles. The number of rotatable bonds is 1. The van der Waals surface area contributed by atoms with Crippen LogP contribution < -0.4 is 4.74 Å². The van der Waals surface area contributed by atoms with Crippen molar-refractivity contribution in [3.8, 4) is 5.75 Å². The van der Waals surface area contributed by atoms with Gasteiger partial charge in [-0.25, -0.2) is 0 Å². The summed E-state index contributed by atoms with van der Waals surface area (Å²) in [6.45, 7) is 0.464. The molecule has 2 unspecified atom stereocenters. The van der Waals surface area contributed by atoms with E-state index in [1.54, 1.807) is 0 Å². The Morgan fingerprint density at radius 1 is 1.44 bits per heavy atom. The zero-order chi connectivity index (χ0) is 12.1.